The first kappa shape index (κ1) is 18.5. The summed E-state index contributed by atoms with van der Waals surface area (Å²) in [7, 11) is 0. The molecule has 1 aromatic rings. The van der Waals surface area contributed by atoms with Gasteiger partial charge in [0.1, 0.15) is 18.5 Å². The summed E-state index contributed by atoms with van der Waals surface area (Å²) < 4.78 is 11.7. The van der Waals surface area contributed by atoms with Gasteiger partial charge >= 0.3 is 0 Å². The van der Waals surface area contributed by atoms with E-state index in [0.717, 1.165) is 25.3 Å². The molecule has 144 valence electrons. The molecule has 4 rings (SSSR count). The molecular formula is C23H30N2O2. The first-order valence-corrected chi connectivity index (χ1v) is 10.2. The highest BCUT2D eigenvalue weighted by Crippen LogP contribution is 2.41. The third-order valence-electron chi connectivity index (χ3n) is 5.95. The summed E-state index contributed by atoms with van der Waals surface area (Å²) in [6.45, 7) is 4.33. The van der Waals surface area contributed by atoms with Crippen LogP contribution in [0.4, 0.5) is 0 Å². The maximum atomic E-state index is 5.97. The fourth-order valence-electron chi connectivity index (χ4n) is 4.38. The number of amidine groups is 1. The van der Waals surface area contributed by atoms with Gasteiger partial charge in [-0.1, -0.05) is 54.6 Å². The number of aliphatic imine (C=N–C) groups is 1. The lowest BCUT2D eigenvalue weighted by Gasteiger charge is -2.38. The molecule has 0 radical (unpaired) electrons. The molecule has 2 aliphatic heterocycles. The molecule has 27 heavy (non-hydrogen) atoms. The predicted molar refractivity (Wildman–Crippen MR) is 109 cm³/mol. The Hall–Kier alpha value is -1.91. The number of benzene rings is 1. The van der Waals surface area contributed by atoms with Crippen LogP contribution in [0.25, 0.3) is 0 Å². The van der Waals surface area contributed by atoms with Gasteiger partial charge in [-0.15, -0.1) is 0 Å². The minimum absolute atomic E-state index is 0.0874. The average Bonchev–Trinajstić information content (AvgIpc) is 3.08. The van der Waals surface area contributed by atoms with E-state index in [0.29, 0.717) is 19.1 Å². The van der Waals surface area contributed by atoms with Crippen molar-refractivity contribution in [2.45, 2.75) is 50.3 Å². The molecule has 4 atom stereocenters. The topological polar surface area (TPSA) is 42.8 Å². The second-order valence-corrected chi connectivity index (χ2v) is 7.96. The summed E-state index contributed by atoms with van der Waals surface area (Å²) in [5, 5.41) is 3.72. The fourth-order valence-corrected chi connectivity index (χ4v) is 4.38. The Balaban J connectivity index is 1.46. The molecule has 0 spiro atoms. The van der Waals surface area contributed by atoms with E-state index in [1.807, 2.05) is 0 Å². The molecule has 0 aromatic heterocycles. The summed E-state index contributed by atoms with van der Waals surface area (Å²) >= 11 is 0. The van der Waals surface area contributed by atoms with Crippen LogP contribution >= 0.6 is 0 Å². The molecule has 1 saturated heterocycles. The van der Waals surface area contributed by atoms with Crippen molar-refractivity contribution in [2.75, 3.05) is 19.8 Å². The van der Waals surface area contributed by atoms with Gasteiger partial charge < -0.3 is 14.8 Å². The molecule has 1 N–H and O–H groups in total. The van der Waals surface area contributed by atoms with E-state index in [4.69, 9.17) is 14.5 Å². The molecule has 3 aliphatic rings. The Morgan fingerprint density at radius 3 is 2.85 bits per heavy atom. The summed E-state index contributed by atoms with van der Waals surface area (Å²) in [6.07, 6.45) is 13.6. The highest BCUT2D eigenvalue weighted by atomic mass is 16.5. The second kappa shape index (κ2) is 8.41. The molecule has 1 aromatic carbocycles. The zero-order chi connectivity index (χ0) is 18.5. The van der Waals surface area contributed by atoms with Crippen LogP contribution in [-0.2, 0) is 9.47 Å². The molecule has 0 amide bonds. The first-order valence-electron chi connectivity index (χ1n) is 10.2. The number of ether oxygens (including phenoxy) is 2. The molecule has 2 unspecified atom stereocenters. The normalized spacial score (nSPS) is 32.9. The zero-order valence-electron chi connectivity index (χ0n) is 16.1. The average molecular weight is 367 g/mol. The van der Waals surface area contributed by atoms with E-state index >= 15 is 0 Å². The molecule has 4 nitrogen and oxygen atoms in total. The van der Waals surface area contributed by atoms with Crippen molar-refractivity contribution in [3.63, 3.8) is 0 Å². The molecule has 4 heteroatoms. The lowest BCUT2D eigenvalue weighted by molar-refractivity contribution is -0.0339. The van der Waals surface area contributed by atoms with Gasteiger partial charge in [-0.05, 0) is 38.2 Å². The highest BCUT2D eigenvalue weighted by molar-refractivity contribution is 5.86. The fraction of sp³-hybridized carbons (Fsp3) is 0.522. The van der Waals surface area contributed by atoms with Crippen molar-refractivity contribution >= 4 is 5.84 Å². The van der Waals surface area contributed by atoms with Gasteiger partial charge in [0.25, 0.3) is 0 Å². The SMILES string of the molecule is C[C@@]1(C2C=CC=CC2)NC(COCC2CCCCO2)=N[C@@H]1c1ccccc1. The summed E-state index contributed by atoms with van der Waals surface area (Å²) in [5.41, 5.74) is 1.10. The number of allylic oxidation sites excluding steroid dienone is 3. The van der Waals surface area contributed by atoms with Crippen LogP contribution in [0.1, 0.15) is 44.2 Å². The Bertz CT molecular complexity index is 706. The monoisotopic (exact) mass is 366 g/mol. The van der Waals surface area contributed by atoms with Crippen LogP contribution in [0.15, 0.2) is 59.6 Å². The number of nitrogens with one attached hydrogen (secondary N) is 1. The van der Waals surface area contributed by atoms with Gasteiger partial charge in [0.15, 0.2) is 0 Å². The number of nitrogens with zero attached hydrogens (tertiary/aromatic N) is 1. The molecule has 1 aliphatic carbocycles. The number of hydrogen-bond donors (Lipinski definition) is 1. The Kier molecular flexibility index (Phi) is 5.74. The summed E-state index contributed by atoms with van der Waals surface area (Å²) in [5.74, 6) is 1.35. The number of rotatable bonds is 6. The lowest BCUT2D eigenvalue weighted by Crippen LogP contribution is -2.50. The maximum Gasteiger partial charge on any atom is 0.124 e. The Morgan fingerprint density at radius 1 is 1.22 bits per heavy atom. The van der Waals surface area contributed by atoms with Gasteiger partial charge in [0.2, 0.25) is 0 Å². The van der Waals surface area contributed by atoms with Gasteiger partial charge in [-0.2, -0.15) is 0 Å². The largest absolute Gasteiger partial charge is 0.376 e. The number of hydrogen-bond acceptors (Lipinski definition) is 4. The van der Waals surface area contributed by atoms with Crippen molar-refractivity contribution in [1.82, 2.24) is 5.32 Å². The van der Waals surface area contributed by atoms with E-state index in [1.165, 1.54) is 18.4 Å². The standard InChI is InChI=1S/C23H30N2O2/c1-23(19-12-6-3-7-13-19)22(18-10-4-2-5-11-18)24-21(25-23)17-26-16-20-14-8-9-15-27-20/h2-7,10-12,19-20,22H,8-9,13-17H2,1H3,(H,24,25)/t19?,20?,22-,23+/m1/s1. The summed E-state index contributed by atoms with van der Waals surface area (Å²) in [4.78, 5) is 5.05. The van der Waals surface area contributed by atoms with Crippen molar-refractivity contribution in [3.05, 3.63) is 60.2 Å². The van der Waals surface area contributed by atoms with Crippen LogP contribution in [0.2, 0.25) is 0 Å². The Labute approximate surface area is 162 Å². The predicted octanol–water partition coefficient (Wildman–Crippen LogP) is 4.21. The van der Waals surface area contributed by atoms with Gasteiger partial charge in [0.05, 0.1) is 18.2 Å². The Morgan fingerprint density at radius 2 is 2.11 bits per heavy atom. The zero-order valence-corrected chi connectivity index (χ0v) is 16.1. The maximum absolute atomic E-state index is 5.97. The third-order valence-corrected chi connectivity index (χ3v) is 5.95. The van der Waals surface area contributed by atoms with Crippen LogP contribution in [0.5, 0.6) is 0 Å². The lowest BCUT2D eigenvalue weighted by atomic mass is 9.75. The molecule has 2 heterocycles. The van der Waals surface area contributed by atoms with Crippen molar-refractivity contribution in [1.29, 1.82) is 0 Å². The van der Waals surface area contributed by atoms with Crippen LogP contribution in [0, 0.1) is 5.92 Å². The van der Waals surface area contributed by atoms with Crippen molar-refractivity contribution in [2.24, 2.45) is 10.9 Å². The molecule has 0 bridgehead atoms. The van der Waals surface area contributed by atoms with Gasteiger partial charge in [0, 0.05) is 12.5 Å². The van der Waals surface area contributed by atoms with E-state index in [2.05, 4.69) is 66.9 Å². The van der Waals surface area contributed by atoms with Crippen molar-refractivity contribution in [3.8, 4) is 0 Å². The smallest absolute Gasteiger partial charge is 0.124 e. The minimum Gasteiger partial charge on any atom is -0.376 e. The quantitative estimate of drug-likeness (QED) is 0.820. The van der Waals surface area contributed by atoms with Crippen molar-refractivity contribution < 1.29 is 9.47 Å². The van der Waals surface area contributed by atoms with E-state index in [9.17, 15) is 0 Å². The first-order chi connectivity index (χ1) is 13.3. The van der Waals surface area contributed by atoms with E-state index < -0.39 is 0 Å². The van der Waals surface area contributed by atoms with Crippen LogP contribution < -0.4 is 5.32 Å². The van der Waals surface area contributed by atoms with Crippen LogP contribution in [0.3, 0.4) is 0 Å². The van der Waals surface area contributed by atoms with Gasteiger partial charge in [-0.3, -0.25) is 4.99 Å². The molecule has 0 saturated carbocycles. The minimum atomic E-state index is -0.150. The van der Waals surface area contributed by atoms with E-state index in [1.54, 1.807) is 0 Å². The third kappa shape index (κ3) is 4.17. The van der Waals surface area contributed by atoms with Gasteiger partial charge in [-0.25, -0.2) is 0 Å². The second-order valence-electron chi connectivity index (χ2n) is 7.96. The molecule has 1 fully saturated rings. The van der Waals surface area contributed by atoms with E-state index in [-0.39, 0.29) is 17.7 Å². The highest BCUT2D eigenvalue weighted by Gasteiger charge is 2.45. The molecular weight excluding hydrogens is 336 g/mol. The van der Waals surface area contributed by atoms with Crippen LogP contribution in [-0.4, -0.2) is 37.3 Å². The summed E-state index contributed by atoms with van der Waals surface area (Å²) in [6, 6.07) is 10.7.